The first-order valence-corrected chi connectivity index (χ1v) is 7.40. The van der Waals surface area contributed by atoms with Crippen molar-refractivity contribution in [2.24, 2.45) is 0 Å². The zero-order valence-electron chi connectivity index (χ0n) is 11.6. The predicted octanol–water partition coefficient (Wildman–Crippen LogP) is 1.90. The van der Waals surface area contributed by atoms with Crippen molar-refractivity contribution in [2.75, 3.05) is 6.61 Å². The number of rotatable bonds is 5. The van der Waals surface area contributed by atoms with Crippen molar-refractivity contribution in [2.45, 2.75) is 6.54 Å². The second kappa shape index (κ2) is 6.31. The van der Waals surface area contributed by atoms with Gasteiger partial charge in [-0.25, -0.2) is 13.5 Å². The molecule has 1 aromatic carbocycles. The normalized spacial score (nSPS) is 10.9. The fraction of sp³-hybridized carbons (Fsp3) is 0.143. The van der Waals surface area contributed by atoms with E-state index in [4.69, 9.17) is 5.11 Å². The highest BCUT2D eigenvalue weighted by atomic mass is 32.1. The number of thiophene rings is 1. The van der Waals surface area contributed by atoms with Crippen LogP contribution in [-0.2, 0) is 6.54 Å². The summed E-state index contributed by atoms with van der Waals surface area (Å²) in [7, 11) is 0. The number of carbonyl (C=O) groups is 1. The molecule has 2 aromatic heterocycles. The molecule has 0 bridgehead atoms. The quantitative estimate of drug-likeness (QED) is 0.720. The number of benzene rings is 1. The first-order valence-electron chi connectivity index (χ1n) is 6.52. The Hall–Kier alpha value is -2.52. The molecule has 0 fully saturated rings. The molecule has 0 unspecified atom stereocenters. The minimum Gasteiger partial charge on any atom is -0.388 e. The van der Waals surface area contributed by atoms with Crippen LogP contribution in [0.3, 0.4) is 0 Å². The third-order valence-corrected chi connectivity index (χ3v) is 4.05. The van der Waals surface area contributed by atoms with Crippen LogP contribution < -0.4 is 0 Å². The molecule has 2 heterocycles. The lowest BCUT2D eigenvalue weighted by Crippen LogP contribution is -2.11. The lowest BCUT2D eigenvalue weighted by Gasteiger charge is -2.08. The van der Waals surface area contributed by atoms with Crippen LogP contribution in [0.5, 0.6) is 0 Å². The molecule has 0 saturated carbocycles. The fourth-order valence-corrected chi connectivity index (χ4v) is 2.76. The van der Waals surface area contributed by atoms with Gasteiger partial charge in [-0.05, 0) is 34.0 Å². The van der Waals surface area contributed by atoms with E-state index < -0.39 is 24.0 Å². The number of aliphatic hydroxyl groups excluding tert-OH is 1. The molecule has 0 amide bonds. The molecule has 6 nitrogen and oxygen atoms in total. The molecule has 3 aromatic rings. The Kier molecular flexibility index (Phi) is 4.22. The first kappa shape index (κ1) is 15.4. The number of tetrazole rings is 1. The van der Waals surface area contributed by atoms with Crippen LogP contribution in [0.4, 0.5) is 8.78 Å². The van der Waals surface area contributed by atoms with Crippen molar-refractivity contribution >= 4 is 17.1 Å². The van der Waals surface area contributed by atoms with Crippen molar-refractivity contribution in [3.63, 3.8) is 0 Å². The molecular weight excluding hydrogens is 326 g/mol. The van der Waals surface area contributed by atoms with Gasteiger partial charge < -0.3 is 5.11 Å². The van der Waals surface area contributed by atoms with E-state index >= 15 is 0 Å². The number of Topliss-reactive ketones (excluding diaryl/α,β-unsaturated/α-hetero) is 1. The van der Waals surface area contributed by atoms with Gasteiger partial charge in [0.1, 0.15) is 18.2 Å². The van der Waals surface area contributed by atoms with E-state index in [1.54, 1.807) is 6.07 Å². The van der Waals surface area contributed by atoms with E-state index in [0.717, 1.165) is 17.0 Å². The molecule has 9 heteroatoms. The van der Waals surface area contributed by atoms with Crippen LogP contribution >= 0.6 is 11.3 Å². The van der Waals surface area contributed by atoms with Crippen molar-refractivity contribution in [3.05, 3.63) is 52.4 Å². The van der Waals surface area contributed by atoms with Crippen molar-refractivity contribution in [1.29, 1.82) is 0 Å². The summed E-state index contributed by atoms with van der Waals surface area (Å²) in [5, 5.41) is 21.7. The van der Waals surface area contributed by atoms with Gasteiger partial charge >= 0.3 is 0 Å². The van der Waals surface area contributed by atoms with Crippen LogP contribution in [0, 0.1) is 11.6 Å². The summed E-state index contributed by atoms with van der Waals surface area (Å²) in [4.78, 5) is 12.1. The van der Waals surface area contributed by atoms with Gasteiger partial charge in [0.15, 0.2) is 11.6 Å². The van der Waals surface area contributed by atoms with Gasteiger partial charge in [-0.2, -0.15) is 0 Å². The maximum Gasteiger partial charge on any atom is 0.192 e. The second-order valence-corrected chi connectivity index (χ2v) is 5.58. The molecule has 1 N–H and O–H groups in total. The molecule has 0 spiro atoms. The van der Waals surface area contributed by atoms with Gasteiger partial charge in [0.2, 0.25) is 0 Å². The van der Waals surface area contributed by atoms with E-state index in [1.807, 2.05) is 11.4 Å². The van der Waals surface area contributed by atoms with E-state index in [2.05, 4.69) is 15.5 Å². The third kappa shape index (κ3) is 3.01. The number of aromatic nitrogens is 4. The SMILES string of the molecule is O=C(CO)c1cc(F)c(Cn2nnnc2-c2cccs2)c(F)c1. The summed E-state index contributed by atoms with van der Waals surface area (Å²) < 4.78 is 29.5. The number of aliphatic hydroxyl groups is 1. The number of nitrogens with zero attached hydrogens (tertiary/aromatic N) is 4. The Morgan fingerprint density at radius 2 is 2.04 bits per heavy atom. The van der Waals surface area contributed by atoms with Gasteiger partial charge in [-0.15, -0.1) is 16.4 Å². The summed E-state index contributed by atoms with van der Waals surface area (Å²) in [5.74, 6) is -2.14. The Morgan fingerprint density at radius 1 is 1.30 bits per heavy atom. The largest absolute Gasteiger partial charge is 0.388 e. The molecule has 0 saturated heterocycles. The molecule has 0 aliphatic heterocycles. The van der Waals surface area contributed by atoms with Crippen LogP contribution in [0.25, 0.3) is 10.7 Å². The topological polar surface area (TPSA) is 80.9 Å². The molecule has 0 atom stereocenters. The maximum atomic E-state index is 14.1. The minimum absolute atomic E-state index is 0.217. The average Bonchev–Trinajstić information content (AvgIpc) is 3.20. The number of hydrogen-bond acceptors (Lipinski definition) is 6. The number of hydrogen-bond donors (Lipinski definition) is 1. The molecule has 23 heavy (non-hydrogen) atoms. The number of ketones is 1. The number of carbonyl (C=O) groups excluding carboxylic acids is 1. The van der Waals surface area contributed by atoms with Crippen LogP contribution in [-0.4, -0.2) is 37.7 Å². The van der Waals surface area contributed by atoms with E-state index in [9.17, 15) is 13.6 Å². The Bertz CT molecular complexity index is 825. The molecular formula is C14H10F2N4O2S. The van der Waals surface area contributed by atoms with Crippen molar-refractivity contribution in [3.8, 4) is 10.7 Å². The molecule has 0 aliphatic carbocycles. The maximum absolute atomic E-state index is 14.1. The lowest BCUT2D eigenvalue weighted by molar-refractivity contribution is 0.0902. The van der Waals surface area contributed by atoms with Gasteiger partial charge in [0, 0.05) is 11.1 Å². The highest BCUT2D eigenvalue weighted by Crippen LogP contribution is 2.23. The monoisotopic (exact) mass is 336 g/mol. The summed E-state index contributed by atoms with van der Waals surface area (Å²) >= 11 is 1.40. The zero-order valence-corrected chi connectivity index (χ0v) is 12.4. The molecule has 118 valence electrons. The summed E-state index contributed by atoms with van der Waals surface area (Å²) in [6.07, 6.45) is 0. The van der Waals surface area contributed by atoms with Gasteiger partial charge in [0.25, 0.3) is 0 Å². The highest BCUT2D eigenvalue weighted by molar-refractivity contribution is 7.13. The first-order chi connectivity index (χ1) is 11.1. The third-order valence-electron chi connectivity index (χ3n) is 3.19. The molecule has 0 radical (unpaired) electrons. The predicted molar refractivity (Wildman–Crippen MR) is 78.0 cm³/mol. The molecule has 0 aliphatic rings. The Labute approximate surface area is 133 Å². The van der Waals surface area contributed by atoms with Crippen molar-refractivity contribution in [1.82, 2.24) is 20.2 Å². The highest BCUT2D eigenvalue weighted by Gasteiger charge is 2.18. The van der Waals surface area contributed by atoms with Crippen molar-refractivity contribution < 1.29 is 18.7 Å². The van der Waals surface area contributed by atoms with E-state index in [0.29, 0.717) is 5.82 Å². The van der Waals surface area contributed by atoms with Gasteiger partial charge in [0.05, 0.1) is 11.4 Å². The van der Waals surface area contributed by atoms with Crippen LogP contribution in [0.1, 0.15) is 15.9 Å². The Balaban J connectivity index is 1.96. The smallest absolute Gasteiger partial charge is 0.192 e. The zero-order chi connectivity index (χ0) is 16.4. The van der Waals surface area contributed by atoms with E-state index in [1.165, 1.54) is 16.0 Å². The Morgan fingerprint density at radius 3 is 2.65 bits per heavy atom. The minimum atomic E-state index is -0.894. The van der Waals surface area contributed by atoms with E-state index in [-0.39, 0.29) is 17.7 Å². The fourth-order valence-electron chi connectivity index (χ4n) is 2.05. The van der Waals surface area contributed by atoms with Gasteiger partial charge in [-0.3, -0.25) is 4.79 Å². The standard InChI is InChI=1S/C14H10F2N4O2S/c15-10-4-8(12(22)7-21)5-11(16)9(10)6-20-14(17-18-19-20)13-2-1-3-23-13/h1-5,21H,6-7H2. The molecule has 3 rings (SSSR count). The lowest BCUT2D eigenvalue weighted by atomic mass is 10.1. The summed E-state index contributed by atoms with van der Waals surface area (Å²) in [6, 6.07) is 5.40. The van der Waals surface area contributed by atoms with Gasteiger partial charge in [-0.1, -0.05) is 6.07 Å². The average molecular weight is 336 g/mol. The summed E-state index contributed by atoms with van der Waals surface area (Å²) in [6.45, 7) is -1.03. The number of halogens is 2. The van der Waals surface area contributed by atoms with Crippen LogP contribution in [0.2, 0.25) is 0 Å². The summed E-state index contributed by atoms with van der Waals surface area (Å²) in [5.41, 5.74) is -0.481. The van der Waals surface area contributed by atoms with Crippen LogP contribution in [0.15, 0.2) is 29.6 Å². The second-order valence-electron chi connectivity index (χ2n) is 4.64.